The lowest BCUT2D eigenvalue weighted by atomic mass is 10.1. The van der Waals surface area contributed by atoms with Gasteiger partial charge in [-0.2, -0.15) is 5.10 Å². The van der Waals surface area contributed by atoms with Gasteiger partial charge in [0.25, 0.3) is 0 Å². The van der Waals surface area contributed by atoms with Crippen molar-refractivity contribution in [2.75, 3.05) is 11.9 Å². The summed E-state index contributed by atoms with van der Waals surface area (Å²) in [5, 5.41) is 9.38. The maximum Gasteiger partial charge on any atom is 0.361 e. The lowest BCUT2D eigenvalue weighted by Crippen LogP contribution is -2.20. The Morgan fingerprint density at radius 2 is 1.88 bits per heavy atom. The zero-order valence-electron chi connectivity index (χ0n) is 12.5. The van der Waals surface area contributed by atoms with E-state index in [1.807, 2.05) is 0 Å². The first-order valence-electron chi connectivity index (χ1n) is 6.84. The Labute approximate surface area is 134 Å². The molecule has 0 bridgehead atoms. The molecule has 0 aliphatic heterocycles. The Morgan fingerprint density at radius 3 is 2.50 bits per heavy atom. The molecule has 126 valence electrons. The van der Waals surface area contributed by atoms with Crippen LogP contribution in [0.15, 0.2) is 24.4 Å². The minimum Gasteiger partial charge on any atom is -0.461 e. The van der Waals surface area contributed by atoms with Crippen molar-refractivity contribution in [2.45, 2.75) is 13.3 Å². The highest BCUT2D eigenvalue weighted by Gasteiger charge is 2.19. The van der Waals surface area contributed by atoms with Crippen LogP contribution in [-0.2, 0) is 16.0 Å². The molecular weight excluding hydrogens is 327 g/mol. The second-order valence-electron chi connectivity index (χ2n) is 4.59. The average molecular weight is 339 g/mol. The van der Waals surface area contributed by atoms with Crippen molar-refractivity contribution in [3.8, 4) is 0 Å². The normalized spacial score (nSPS) is 10.3. The molecule has 0 atom stereocenters. The monoisotopic (exact) mass is 339 g/mol. The maximum absolute atomic E-state index is 13.6. The van der Waals surface area contributed by atoms with E-state index in [9.17, 15) is 22.8 Å². The number of anilines is 1. The van der Waals surface area contributed by atoms with Crippen LogP contribution < -0.4 is 5.32 Å². The predicted molar refractivity (Wildman–Crippen MR) is 76.6 cm³/mol. The second-order valence-corrected chi connectivity index (χ2v) is 4.59. The van der Waals surface area contributed by atoms with Gasteiger partial charge in [-0.25, -0.2) is 18.0 Å². The molecule has 24 heavy (non-hydrogen) atoms. The number of hydrogen-bond acceptors (Lipinski definition) is 5. The Hall–Kier alpha value is -2.97. The van der Waals surface area contributed by atoms with Gasteiger partial charge in [0.15, 0.2) is 5.69 Å². The smallest absolute Gasteiger partial charge is 0.361 e. The number of nitrogens with zero attached hydrogens (tertiary/aromatic N) is 2. The number of hydrogen-bond donors (Lipinski definition) is 1. The third kappa shape index (κ3) is 4.06. The summed E-state index contributed by atoms with van der Waals surface area (Å²) >= 11 is 0. The van der Waals surface area contributed by atoms with Crippen molar-refractivity contribution in [3.05, 3.63) is 53.1 Å². The number of carbonyl (C=O) groups excluding carboxylic acids is 2. The van der Waals surface area contributed by atoms with Crippen LogP contribution in [-0.4, -0.2) is 28.7 Å². The van der Waals surface area contributed by atoms with Gasteiger partial charge in [0, 0.05) is 17.7 Å². The number of ether oxygens (including phenoxy) is 1. The van der Waals surface area contributed by atoms with Crippen LogP contribution >= 0.6 is 0 Å². The first-order chi connectivity index (χ1) is 11.4. The van der Waals surface area contributed by atoms with Crippen LogP contribution in [0.1, 0.15) is 23.0 Å². The molecule has 1 N–H and O–H groups in total. The number of benzene rings is 1. The van der Waals surface area contributed by atoms with Crippen molar-refractivity contribution in [2.24, 2.45) is 0 Å². The zero-order chi connectivity index (χ0) is 17.7. The topological polar surface area (TPSA) is 81.2 Å². The van der Waals surface area contributed by atoms with Crippen LogP contribution in [0.3, 0.4) is 0 Å². The molecule has 1 amide bonds. The summed E-state index contributed by atoms with van der Waals surface area (Å²) in [6.45, 7) is 1.68. The molecule has 2 rings (SSSR count). The number of amides is 1. The van der Waals surface area contributed by atoms with Crippen LogP contribution in [0, 0.1) is 17.5 Å². The Balaban J connectivity index is 2.18. The highest BCUT2D eigenvalue weighted by Crippen LogP contribution is 2.17. The molecule has 1 aromatic heterocycles. The highest BCUT2D eigenvalue weighted by molar-refractivity contribution is 6.00. The summed E-state index contributed by atoms with van der Waals surface area (Å²) in [7, 11) is 0. The molecule has 0 aliphatic carbocycles. The average Bonchev–Trinajstić information content (AvgIpc) is 2.51. The Bertz CT molecular complexity index is 761. The molecular formula is C15H12F3N3O3. The molecule has 0 saturated carbocycles. The van der Waals surface area contributed by atoms with Crippen molar-refractivity contribution >= 4 is 17.6 Å². The fourth-order valence-electron chi connectivity index (χ4n) is 1.88. The SMILES string of the molecule is CCOC(=O)c1nnccc1NC(=O)Cc1c(F)cc(F)cc1F. The van der Waals surface area contributed by atoms with E-state index in [0.717, 1.165) is 0 Å². The van der Waals surface area contributed by atoms with E-state index in [4.69, 9.17) is 4.74 Å². The minimum absolute atomic E-state index is 0.0172. The van der Waals surface area contributed by atoms with E-state index < -0.39 is 41.3 Å². The Morgan fingerprint density at radius 1 is 1.21 bits per heavy atom. The van der Waals surface area contributed by atoms with Crippen molar-refractivity contribution in [1.29, 1.82) is 0 Å². The van der Waals surface area contributed by atoms with Gasteiger partial charge in [0.05, 0.1) is 24.9 Å². The van der Waals surface area contributed by atoms with Crippen molar-refractivity contribution in [1.82, 2.24) is 10.2 Å². The van der Waals surface area contributed by atoms with Crippen molar-refractivity contribution in [3.63, 3.8) is 0 Å². The standard InChI is InChI=1S/C15H12F3N3O3/c1-2-24-15(23)14-12(3-4-19-21-14)20-13(22)7-9-10(17)5-8(16)6-11(9)18/h3-6H,2,7H2,1H3,(H,19,20,22). The molecule has 0 aliphatic rings. The number of nitrogens with one attached hydrogen (secondary N) is 1. The van der Waals surface area contributed by atoms with Crippen LogP contribution in [0.2, 0.25) is 0 Å². The second kappa shape index (κ2) is 7.53. The molecule has 2 aromatic rings. The molecule has 6 nitrogen and oxygen atoms in total. The van der Waals surface area contributed by atoms with Gasteiger partial charge in [-0.3, -0.25) is 4.79 Å². The molecule has 1 heterocycles. The summed E-state index contributed by atoms with van der Waals surface area (Å²) in [4.78, 5) is 23.7. The van der Waals surface area contributed by atoms with Gasteiger partial charge in [-0.15, -0.1) is 5.10 Å². The van der Waals surface area contributed by atoms with E-state index in [2.05, 4.69) is 15.5 Å². The van der Waals surface area contributed by atoms with E-state index in [1.165, 1.54) is 12.3 Å². The summed E-state index contributed by atoms with van der Waals surface area (Å²) < 4.78 is 44.7. The molecule has 1 aromatic carbocycles. The van der Waals surface area contributed by atoms with Gasteiger partial charge >= 0.3 is 5.97 Å². The Kier molecular flexibility index (Phi) is 5.46. The van der Waals surface area contributed by atoms with Gasteiger partial charge in [0.2, 0.25) is 5.91 Å². The summed E-state index contributed by atoms with van der Waals surface area (Å²) in [6, 6.07) is 2.24. The number of aromatic nitrogens is 2. The molecule has 0 radical (unpaired) electrons. The number of carbonyl (C=O) groups is 2. The molecule has 9 heteroatoms. The van der Waals surface area contributed by atoms with Crippen LogP contribution in [0.25, 0.3) is 0 Å². The number of halogens is 3. The predicted octanol–water partition coefficient (Wildman–Crippen LogP) is 2.25. The van der Waals surface area contributed by atoms with E-state index in [0.29, 0.717) is 12.1 Å². The molecule has 0 fully saturated rings. The minimum atomic E-state index is -1.18. The lowest BCUT2D eigenvalue weighted by Gasteiger charge is -2.09. The molecule has 0 saturated heterocycles. The van der Waals surface area contributed by atoms with Crippen LogP contribution in [0.4, 0.5) is 18.9 Å². The highest BCUT2D eigenvalue weighted by atomic mass is 19.1. The third-order valence-electron chi connectivity index (χ3n) is 2.91. The third-order valence-corrected chi connectivity index (χ3v) is 2.91. The summed E-state index contributed by atoms with van der Waals surface area (Å²) in [5.41, 5.74) is -0.849. The zero-order valence-corrected chi connectivity index (χ0v) is 12.5. The van der Waals surface area contributed by atoms with Crippen molar-refractivity contribution < 1.29 is 27.5 Å². The van der Waals surface area contributed by atoms with Gasteiger partial charge in [-0.05, 0) is 13.0 Å². The quantitative estimate of drug-likeness (QED) is 0.845. The first kappa shape index (κ1) is 17.4. The van der Waals surface area contributed by atoms with E-state index in [1.54, 1.807) is 6.92 Å². The van der Waals surface area contributed by atoms with E-state index in [-0.39, 0.29) is 18.0 Å². The summed E-state index contributed by atoms with van der Waals surface area (Å²) in [6.07, 6.45) is 0.528. The van der Waals surface area contributed by atoms with Gasteiger partial charge in [-0.1, -0.05) is 0 Å². The fourth-order valence-corrected chi connectivity index (χ4v) is 1.88. The largest absolute Gasteiger partial charge is 0.461 e. The van der Waals surface area contributed by atoms with Crippen LogP contribution in [0.5, 0.6) is 0 Å². The lowest BCUT2D eigenvalue weighted by molar-refractivity contribution is -0.115. The fraction of sp³-hybridized carbons (Fsp3) is 0.200. The molecule has 0 spiro atoms. The van der Waals surface area contributed by atoms with Gasteiger partial charge < -0.3 is 10.1 Å². The summed E-state index contributed by atoms with van der Waals surface area (Å²) in [5.74, 6) is -5.07. The molecule has 0 unspecified atom stereocenters. The number of rotatable bonds is 5. The maximum atomic E-state index is 13.6. The first-order valence-corrected chi connectivity index (χ1v) is 6.84. The number of esters is 1. The van der Waals surface area contributed by atoms with Gasteiger partial charge in [0.1, 0.15) is 17.5 Å². The van der Waals surface area contributed by atoms with E-state index >= 15 is 0 Å².